The molecule has 104 valence electrons. The Balaban J connectivity index is 2.19. The molecule has 1 fully saturated rings. The van der Waals surface area contributed by atoms with E-state index in [2.05, 4.69) is 12.2 Å². The molecule has 18 heavy (non-hydrogen) atoms. The molecule has 1 amide bonds. The van der Waals surface area contributed by atoms with E-state index in [-0.39, 0.29) is 18.1 Å². The van der Waals surface area contributed by atoms with E-state index < -0.39 is 5.60 Å². The van der Waals surface area contributed by atoms with Gasteiger partial charge in [0, 0.05) is 18.4 Å². The van der Waals surface area contributed by atoms with Crippen molar-refractivity contribution in [2.45, 2.75) is 71.4 Å². The van der Waals surface area contributed by atoms with Crippen LogP contribution in [0, 0.1) is 5.92 Å². The maximum absolute atomic E-state index is 11.7. The molecule has 1 aliphatic rings. The Morgan fingerprint density at radius 1 is 1.28 bits per heavy atom. The van der Waals surface area contributed by atoms with Crippen molar-refractivity contribution in [2.24, 2.45) is 5.92 Å². The lowest BCUT2D eigenvalue weighted by atomic mass is 9.76. The second-order valence-electron chi connectivity index (χ2n) is 6.08. The lowest BCUT2D eigenvalue weighted by Gasteiger charge is -2.35. The third-order valence-electron chi connectivity index (χ3n) is 3.09. The number of Topliss-reactive ketones (excluding diaryl/α,β-unsaturated/α-hetero) is 1. The molecular formula is C14H25NO3. The Labute approximate surface area is 109 Å². The van der Waals surface area contributed by atoms with Gasteiger partial charge in [-0.1, -0.05) is 13.3 Å². The summed E-state index contributed by atoms with van der Waals surface area (Å²) in [6.07, 6.45) is 3.86. The molecule has 1 saturated carbocycles. The van der Waals surface area contributed by atoms with Crippen LogP contribution in [0.5, 0.6) is 0 Å². The standard InChI is InChI=1S/C14H25NO3/c1-5-6-7-12(16)10-8-11(9-10)15-13(17)18-14(2,3)4/h10-11H,5-9H2,1-4H3,(H,15,17). The molecule has 1 N–H and O–H groups in total. The van der Waals surface area contributed by atoms with Gasteiger partial charge in [0.25, 0.3) is 0 Å². The number of hydrogen-bond acceptors (Lipinski definition) is 3. The molecule has 1 rings (SSSR count). The summed E-state index contributed by atoms with van der Waals surface area (Å²) >= 11 is 0. The van der Waals surface area contributed by atoms with Gasteiger partial charge in [0.15, 0.2) is 0 Å². The number of hydrogen-bond donors (Lipinski definition) is 1. The molecule has 0 bridgehead atoms. The number of rotatable bonds is 5. The quantitative estimate of drug-likeness (QED) is 0.821. The summed E-state index contributed by atoms with van der Waals surface area (Å²) in [7, 11) is 0. The van der Waals surface area contributed by atoms with Crippen LogP contribution in [-0.4, -0.2) is 23.5 Å². The zero-order valence-corrected chi connectivity index (χ0v) is 11.9. The molecule has 4 heteroatoms. The largest absolute Gasteiger partial charge is 0.444 e. The van der Waals surface area contributed by atoms with Gasteiger partial charge in [-0.05, 0) is 40.0 Å². The number of carbonyl (C=O) groups is 2. The van der Waals surface area contributed by atoms with Gasteiger partial charge >= 0.3 is 6.09 Å². The minimum absolute atomic E-state index is 0.107. The second kappa shape index (κ2) is 6.21. The number of ketones is 1. The van der Waals surface area contributed by atoms with Crippen LogP contribution >= 0.6 is 0 Å². The molecule has 0 spiro atoms. The lowest BCUT2D eigenvalue weighted by molar-refractivity contribution is -0.126. The van der Waals surface area contributed by atoms with E-state index in [9.17, 15) is 9.59 Å². The predicted molar refractivity (Wildman–Crippen MR) is 70.4 cm³/mol. The number of unbranched alkanes of at least 4 members (excludes halogenated alkanes) is 1. The van der Waals surface area contributed by atoms with Crippen LogP contribution in [0.25, 0.3) is 0 Å². The fourth-order valence-electron chi connectivity index (χ4n) is 2.03. The molecule has 0 radical (unpaired) electrons. The highest BCUT2D eigenvalue weighted by molar-refractivity contribution is 5.82. The Morgan fingerprint density at radius 2 is 1.89 bits per heavy atom. The Bertz CT molecular complexity index is 301. The van der Waals surface area contributed by atoms with Crippen molar-refractivity contribution in [3.05, 3.63) is 0 Å². The van der Waals surface area contributed by atoms with Crippen molar-refractivity contribution >= 4 is 11.9 Å². The Hall–Kier alpha value is -1.06. The van der Waals surface area contributed by atoms with Crippen LogP contribution in [0.3, 0.4) is 0 Å². The summed E-state index contributed by atoms with van der Waals surface area (Å²) in [6.45, 7) is 7.60. The number of alkyl carbamates (subject to hydrolysis) is 1. The van der Waals surface area contributed by atoms with E-state index in [0.717, 1.165) is 25.7 Å². The third-order valence-corrected chi connectivity index (χ3v) is 3.09. The van der Waals surface area contributed by atoms with Crippen LogP contribution < -0.4 is 5.32 Å². The monoisotopic (exact) mass is 255 g/mol. The first-order valence-corrected chi connectivity index (χ1v) is 6.84. The fourth-order valence-corrected chi connectivity index (χ4v) is 2.03. The normalized spacial score (nSPS) is 23.1. The smallest absolute Gasteiger partial charge is 0.407 e. The van der Waals surface area contributed by atoms with E-state index in [1.54, 1.807) is 0 Å². The topological polar surface area (TPSA) is 55.4 Å². The maximum atomic E-state index is 11.7. The lowest BCUT2D eigenvalue weighted by Crippen LogP contribution is -2.48. The first kappa shape index (κ1) is 15.0. The van der Waals surface area contributed by atoms with Gasteiger partial charge in [-0.2, -0.15) is 0 Å². The van der Waals surface area contributed by atoms with Crippen LogP contribution in [0.2, 0.25) is 0 Å². The molecular weight excluding hydrogens is 230 g/mol. The van der Waals surface area contributed by atoms with Gasteiger partial charge in [-0.15, -0.1) is 0 Å². The summed E-state index contributed by atoms with van der Waals surface area (Å²) in [5.41, 5.74) is -0.468. The minimum atomic E-state index is -0.468. The molecule has 0 heterocycles. The zero-order chi connectivity index (χ0) is 13.8. The van der Waals surface area contributed by atoms with Crippen molar-refractivity contribution in [2.75, 3.05) is 0 Å². The van der Waals surface area contributed by atoms with Gasteiger partial charge in [0.2, 0.25) is 0 Å². The van der Waals surface area contributed by atoms with Crippen LogP contribution in [0.1, 0.15) is 59.8 Å². The van der Waals surface area contributed by atoms with E-state index in [1.165, 1.54) is 0 Å². The van der Waals surface area contributed by atoms with Crippen molar-refractivity contribution in [1.82, 2.24) is 5.32 Å². The Kier molecular flexibility index (Phi) is 5.17. The van der Waals surface area contributed by atoms with E-state index in [0.29, 0.717) is 12.2 Å². The van der Waals surface area contributed by atoms with Crippen molar-refractivity contribution < 1.29 is 14.3 Å². The summed E-state index contributed by atoms with van der Waals surface area (Å²) in [5.74, 6) is 0.496. The van der Waals surface area contributed by atoms with Crippen molar-refractivity contribution in [1.29, 1.82) is 0 Å². The third kappa shape index (κ3) is 5.07. The van der Waals surface area contributed by atoms with Crippen molar-refractivity contribution in [3.63, 3.8) is 0 Å². The summed E-state index contributed by atoms with van der Waals surface area (Å²) in [4.78, 5) is 23.2. The van der Waals surface area contributed by atoms with Crippen LogP contribution in [-0.2, 0) is 9.53 Å². The zero-order valence-electron chi connectivity index (χ0n) is 11.9. The first-order chi connectivity index (χ1) is 8.31. The highest BCUT2D eigenvalue weighted by Gasteiger charge is 2.35. The summed E-state index contributed by atoms with van der Waals surface area (Å²) in [6, 6.07) is 0.107. The molecule has 0 unspecified atom stereocenters. The predicted octanol–water partition coefficient (Wildman–Crippen LogP) is 3.05. The number of carbonyl (C=O) groups excluding carboxylic acids is 2. The SMILES string of the molecule is CCCCC(=O)C1CC(NC(=O)OC(C)(C)C)C1. The fraction of sp³-hybridized carbons (Fsp3) is 0.857. The first-order valence-electron chi connectivity index (χ1n) is 6.84. The maximum Gasteiger partial charge on any atom is 0.407 e. The number of amides is 1. The number of nitrogens with one attached hydrogen (secondary N) is 1. The molecule has 4 nitrogen and oxygen atoms in total. The Morgan fingerprint density at radius 3 is 2.39 bits per heavy atom. The van der Waals surface area contributed by atoms with E-state index >= 15 is 0 Å². The van der Waals surface area contributed by atoms with Crippen molar-refractivity contribution in [3.8, 4) is 0 Å². The molecule has 1 aliphatic carbocycles. The molecule has 0 aromatic heterocycles. The summed E-state index contributed by atoms with van der Waals surface area (Å²) < 4.78 is 5.17. The number of ether oxygens (including phenoxy) is 1. The van der Waals surface area contributed by atoms with Gasteiger partial charge in [0.1, 0.15) is 11.4 Å². The van der Waals surface area contributed by atoms with Gasteiger partial charge < -0.3 is 10.1 Å². The van der Waals surface area contributed by atoms with Gasteiger partial charge in [-0.25, -0.2) is 4.79 Å². The highest BCUT2D eigenvalue weighted by atomic mass is 16.6. The molecule has 0 aliphatic heterocycles. The summed E-state index contributed by atoms with van der Waals surface area (Å²) in [5, 5.41) is 2.80. The minimum Gasteiger partial charge on any atom is -0.444 e. The van der Waals surface area contributed by atoms with Crippen LogP contribution in [0.15, 0.2) is 0 Å². The van der Waals surface area contributed by atoms with E-state index in [1.807, 2.05) is 20.8 Å². The molecule has 0 atom stereocenters. The second-order valence-corrected chi connectivity index (χ2v) is 6.08. The molecule has 0 saturated heterocycles. The molecule has 0 aromatic carbocycles. The highest BCUT2D eigenvalue weighted by Crippen LogP contribution is 2.29. The van der Waals surface area contributed by atoms with Crippen LogP contribution in [0.4, 0.5) is 4.79 Å². The average Bonchev–Trinajstić information content (AvgIpc) is 2.16. The average molecular weight is 255 g/mol. The van der Waals surface area contributed by atoms with E-state index in [4.69, 9.17) is 4.74 Å². The van der Waals surface area contributed by atoms with Gasteiger partial charge in [0.05, 0.1) is 0 Å². The van der Waals surface area contributed by atoms with Gasteiger partial charge in [-0.3, -0.25) is 4.79 Å². The molecule has 0 aromatic rings.